The minimum Gasteiger partial charge on any atom is -0.491 e. The van der Waals surface area contributed by atoms with Crippen LogP contribution in [0.4, 0.5) is 4.39 Å². The summed E-state index contributed by atoms with van der Waals surface area (Å²) in [5, 5.41) is 8.40. The molecule has 0 aliphatic heterocycles. The van der Waals surface area contributed by atoms with E-state index >= 15 is 0 Å². The van der Waals surface area contributed by atoms with Crippen LogP contribution in [0, 0.1) is 24.1 Å². The zero-order valence-corrected chi connectivity index (χ0v) is 7.83. The highest BCUT2D eigenvalue weighted by atomic mass is 19.1. The Morgan fingerprint density at radius 1 is 1.64 bits per heavy atom. The number of halogens is 1. The Labute approximate surface area is 81.9 Å². The fourth-order valence-electron chi connectivity index (χ4n) is 0.930. The van der Waals surface area contributed by atoms with Gasteiger partial charge >= 0.3 is 0 Å². The topological polar surface area (TPSA) is 59.0 Å². The first-order chi connectivity index (χ1) is 6.63. The number of aryl methyl sites for hydroxylation is 1. The Kier molecular flexibility index (Phi) is 3.43. The van der Waals surface area contributed by atoms with Gasteiger partial charge in [-0.2, -0.15) is 5.26 Å². The lowest BCUT2D eigenvalue weighted by Gasteiger charge is -2.07. The average Bonchev–Trinajstić information content (AvgIpc) is 2.19. The number of ether oxygens (including phenoxy) is 1. The van der Waals surface area contributed by atoms with Crippen molar-refractivity contribution in [2.45, 2.75) is 13.0 Å². The molecule has 1 unspecified atom stereocenters. The van der Waals surface area contributed by atoms with E-state index in [1.54, 1.807) is 13.0 Å². The van der Waals surface area contributed by atoms with E-state index in [-0.39, 0.29) is 12.4 Å². The van der Waals surface area contributed by atoms with Gasteiger partial charge in [-0.3, -0.25) is 0 Å². The monoisotopic (exact) mass is 194 g/mol. The summed E-state index contributed by atoms with van der Waals surface area (Å²) in [5.41, 5.74) is 5.84. The standard InChI is InChI=1S/C10H11FN2O/c1-7-4-9(2-3-10(7)11)14-6-8(13)5-12/h2-4,8H,6,13H2,1H3. The summed E-state index contributed by atoms with van der Waals surface area (Å²) in [6, 6.07) is 5.58. The second-order valence-corrected chi connectivity index (χ2v) is 2.96. The van der Waals surface area contributed by atoms with Gasteiger partial charge in [0.05, 0.1) is 6.07 Å². The van der Waals surface area contributed by atoms with E-state index in [9.17, 15) is 4.39 Å². The van der Waals surface area contributed by atoms with E-state index in [0.717, 1.165) is 0 Å². The van der Waals surface area contributed by atoms with Crippen molar-refractivity contribution >= 4 is 0 Å². The number of nitriles is 1. The summed E-state index contributed by atoms with van der Waals surface area (Å²) < 4.78 is 18.0. The van der Waals surface area contributed by atoms with Crippen LogP contribution in [0.15, 0.2) is 18.2 Å². The fraction of sp³-hybridized carbons (Fsp3) is 0.300. The summed E-state index contributed by atoms with van der Waals surface area (Å²) in [6.07, 6.45) is 0. The molecule has 1 aromatic carbocycles. The van der Waals surface area contributed by atoms with E-state index in [4.69, 9.17) is 15.7 Å². The van der Waals surface area contributed by atoms with Crippen LogP contribution in [0.2, 0.25) is 0 Å². The van der Waals surface area contributed by atoms with Gasteiger partial charge in [0.2, 0.25) is 0 Å². The van der Waals surface area contributed by atoms with Crippen LogP contribution in [0.25, 0.3) is 0 Å². The van der Waals surface area contributed by atoms with Crippen LogP contribution >= 0.6 is 0 Å². The highest BCUT2D eigenvalue weighted by molar-refractivity contribution is 5.28. The molecule has 4 heteroatoms. The third-order valence-electron chi connectivity index (χ3n) is 1.72. The van der Waals surface area contributed by atoms with Crippen molar-refractivity contribution in [2.75, 3.05) is 6.61 Å². The summed E-state index contributed by atoms with van der Waals surface area (Å²) in [5.74, 6) is 0.247. The first kappa shape index (κ1) is 10.5. The molecular weight excluding hydrogens is 183 g/mol. The molecule has 2 N–H and O–H groups in total. The largest absolute Gasteiger partial charge is 0.491 e. The Hall–Kier alpha value is -1.60. The molecule has 0 aliphatic rings. The van der Waals surface area contributed by atoms with E-state index in [2.05, 4.69) is 0 Å². The van der Waals surface area contributed by atoms with Crippen LogP contribution in [0.3, 0.4) is 0 Å². The van der Waals surface area contributed by atoms with Gasteiger partial charge in [0.1, 0.15) is 24.2 Å². The van der Waals surface area contributed by atoms with Gasteiger partial charge in [-0.05, 0) is 30.7 Å². The number of nitrogens with zero attached hydrogens (tertiary/aromatic N) is 1. The highest BCUT2D eigenvalue weighted by Crippen LogP contribution is 2.15. The lowest BCUT2D eigenvalue weighted by molar-refractivity contribution is 0.308. The number of benzene rings is 1. The molecule has 1 rings (SSSR count). The smallest absolute Gasteiger partial charge is 0.127 e. The van der Waals surface area contributed by atoms with E-state index < -0.39 is 6.04 Å². The maximum atomic E-state index is 12.8. The molecular formula is C10H11FN2O. The minimum absolute atomic E-state index is 0.113. The van der Waals surface area contributed by atoms with Gasteiger partial charge in [0.15, 0.2) is 0 Å². The zero-order valence-electron chi connectivity index (χ0n) is 7.83. The third-order valence-corrected chi connectivity index (χ3v) is 1.72. The molecule has 1 atom stereocenters. The van der Waals surface area contributed by atoms with Gasteiger partial charge in [0.25, 0.3) is 0 Å². The number of rotatable bonds is 3. The molecule has 0 saturated heterocycles. The molecule has 0 saturated carbocycles. The molecule has 0 aromatic heterocycles. The van der Waals surface area contributed by atoms with Crippen LogP contribution < -0.4 is 10.5 Å². The molecule has 0 fully saturated rings. The van der Waals surface area contributed by atoms with Crippen LogP contribution in [-0.4, -0.2) is 12.6 Å². The Morgan fingerprint density at radius 2 is 2.36 bits per heavy atom. The van der Waals surface area contributed by atoms with Crippen molar-refractivity contribution < 1.29 is 9.13 Å². The van der Waals surface area contributed by atoms with Crippen LogP contribution in [-0.2, 0) is 0 Å². The predicted molar refractivity (Wildman–Crippen MR) is 50.2 cm³/mol. The zero-order chi connectivity index (χ0) is 10.6. The van der Waals surface area contributed by atoms with Gasteiger partial charge in [-0.1, -0.05) is 0 Å². The van der Waals surface area contributed by atoms with Gasteiger partial charge < -0.3 is 10.5 Å². The molecule has 0 amide bonds. The molecule has 0 radical (unpaired) electrons. The second kappa shape index (κ2) is 4.58. The highest BCUT2D eigenvalue weighted by Gasteiger charge is 2.03. The lowest BCUT2D eigenvalue weighted by Crippen LogP contribution is -2.25. The SMILES string of the molecule is Cc1cc(OCC(N)C#N)ccc1F. The third kappa shape index (κ3) is 2.71. The second-order valence-electron chi connectivity index (χ2n) is 2.96. The fourth-order valence-corrected chi connectivity index (χ4v) is 0.930. The molecule has 1 aromatic rings. The molecule has 14 heavy (non-hydrogen) atoms. The number of hydrogen-bond donors (Lipinski definition) is 1. The maximum absolute atomic E-state index is 12.8. The Bertz CT molecular complexity index is 360. The van der Waals surface area contributed by atoms with Crippen LogP contribution in [0.5, 0.6) is 5.75 Å². The molecule has 74 valence electrons. The Morgan fingerprint density at radius 3 is 2.93 bits per heavy atom. The van der Waals surface area contributed by atoms with Crippen molar-refractivity contribution in [3.63, 3.8) is 0 Å². The summed E-state index contributed by atoms with van der Waals surface area (Å²) >= 11 is 0. The molecule has 0 bridgehead atoms. The van der Waals surface area contributed by atoms with E-state index in [1.807, 2.05) is 6.07 Å². The van der Waals surface area contributed by atoms with Crippen molar-refractivity contribution in [3.8, 4) is 11.8 Å². The van der Waals surface area contributed by atoms with E-state index in [1.165, 1.54) is 12.1 Å². The summed E-state index contributed by atoms with van der Waals surface area (Å²) in [6.45, 7) is 1.76. The van der Waals surface area contributed by atoms with Gasteiger partial charge in [0, 0.05) is 0 Å². The summed E-state index contributed by atoms with van der Waals surface area (Å²) in [7, 11) is 0. The molecule has 0 aliphatic carbocycles. The first-order valence-electron chi connectivity index (χ1n) is 4.17. The number of nitrogens with two attached hydrogens (primary N) is 1. The normalized spacial score (nSPS) is 11.9. The van der Waals surface area contributed by atoms with Crippen LogP contribution in [0.1, 0.15) is 5.56 Å². The average molecular weight is 194 g/mol. The number of hydrogen-bond acceptors (Lipinski definition) is 3. The maximum Gasteiger partial charge on any atom is 0.127 e. The molecule has 3 nitrogen and oxygen atoms in total. The predicted octanol–water partition coefficient (Wildman–Crippen LogP) is 1.36. The minimum atomic E-state index is -0.652. The quantitative estimate of drug-likeness (QED) is 0.790. The van der Waals surface area contributed by atoms with Crippen molar-refractivity contribution in [2.24, 2.45) is 5.73 Å². The van der Waals surface area contributed by atoms with Crippen molar-refractivity contribution in [1.29, 1.82) is 5.26 Å². The Balaban J connectivity index is 2.61. The van der Waals surface area contributed by atoms with Gasteiger partial charge in [-0.15, -0.1) is 0 Å². The van der Waals surface area contributed by atoms with Crippen molar-refractivity contribution in [1.82, 2.24) is 0 Å². The molecule has 0 spiro atoms. The molecule has 0 heterocycles. The first-order valence-corrected chi connectivity index (χ1v) is 4.17. The summed E-state index contributed by atoms with van der Waals surface area (Å²) in [4.78, 5) is 0. The van der Waals surface area contributed by atoms with Crippen molar-refractivity contribution in [3.05, 3.63) is 29.6 Å². The van der Waals surface area contributed by atoms with Gasteiger partial charge in [-0.25, -0.2) is 4.39 Å². The lowest BCUT2D eigenvalue weighted by atomic mass is 10.2. The van der Waals surface area contributed by atoms with E-state index in [0.29, 0.717) is 11.3 Å².